The number of imidazole rings is 1. The molecule has 2 aliphatic rings. The average Bonchev–Trinajstić information content (AvgIpc) is 3.26. The highest BCUT2D eigenvalue weighted by Crippen LogP contribution is 2.42. The molecule has 2 aromatic rings. The number of nitrogens with two attached hydrogens (primary N) is 1. The number of anilines is 2. The summed E-state index contributed by atoms with van der Waals surface area (Å²) in [6.07, 6.45) is 4.39. The maximum atomic E-state index is 15.2. The minimum absolute atomic E-state index is 0.0141. The Bertz CT molecular complexity index is 863. The van der Waals surface area contributed by atoms with Gasteiger partial charge in [-0.1, -0.05) is 5.92 Å². The van der Waals surface area contributed by atoms with Gasteiger partial charge in [-0.3, -0.25) is 4.57 Å². The van der Waals surface area contributed by atoms with Crippen molar-refractivity contribution in [3.63, 3.8) is 0 Å². The second kappa shape index (κ2) is 5.52. The normalized spacial score (nSPS) is 32.0. The van der Waals surface area contributed by atoms with Gasteiger partial charge < -0.3 is 26.0 Å². The van der Waals surface area contributed by atoms with Gasteiger partial charge in [-0.25, -0.2) is 9.37 Å². The number of aromatic nitrogens is 4. The Hall–Kier alpha value is -2.48. The molecular formula is C15H17FN6O3. The van der Waals surface area contributed by atoms with Crippen molar-refractivity contribution in [1.29, 1.82) is 0 Å². The van der Waals surface area contributed by atoms with Gasteiger partial charge in [0.2, 0.25) is 11.6 Å². The lowest BCUT2D eigenvalue weighted by molar-refractivity contribution is -0.0504. The van der Waals surface area contributed by atoms with Crippen LogP contribution in [0.5, 0.6) is 0 Å². The first kappa shape index (κ1) is 16.0. The molecule has 1 aliphatic heterocycles. The summed E-state index contributed by atoms with van der Waals surface area (Å²) in [5.74, 6) is 2.37. The van der Waals surface area contributed by atoms with Crippen LogP contribution < -0.4 is 11.1 Å². The van der Waals surface area contributed by atoms with Gasteiger partial charge >= 0.3 is 0 Å². The molecule has 0 radical (unpaired) electrons. The first-order chi connectivity index (χ1) is 12.0. The number of ether oxygens (including phenoxy) is 1. The predicted octanol–water partition coefficient (Wildman–Crippen LogP) is -0.425. The van der Waals surface area contributed by atoms with Crippen LogP contribution in [0.4, 0.5) is 16.2 Å². The fourth-order valence-electron chi connectivity index (χ4n) is 2.95. The summed E-state index contributed by atoms with van der Waals surface area (Å²) in [5, 5.41) is 22.6. The highest BCUT2D eigenvalue weighted by Gasteiger charge is 2.57. The second-order valence-electron chi connectivity index (χ2n) is 6.24. The van der Waals surface area contributed by atoms with E-state index in [1.807, 2.05) is 5.92 Å². The number of aliphatic hydroxyl groups excluding tert-OH is 2. The van der Waals surface area contributed by atoms with Gasteiger partial charge in [-0.05, 0) is 12.8 Å². The molecule has 0 spiro atoms. The lowest BCUT2D eigenvalue weighted by Crippen LogP contribution is -2.42. The van der Waals surface area contributed by atoms with Crippen molar-refractivity contribution in [3.8, 4) is 12.3 Å². The Kier molecular flexibility index (Phi) is 3.54. The van der Waals surface area contributed by atoms with Crippen LogP contribution in [0, 0.1) is 12.3 Å². The summed E-state index contributed by atoms with van der Waals surface area (Å²) < 4.78 is 21.9. The lowest BCUT2D eigenvalue weighted by Gasteiger charge is -2.23. The zero-order valence-corrected chi connectivity index (χ0v) is 13.1. The van der Waals surface area contributed by atoms with Crippen LogP contribution in [0.1, 0.15) is 19.1 Å². The number of halogens is 1. The largest absolute Gasteiger partial charge is 0.394 e. The lowest BCUT2D eigenvalue weighted by atomic mass is 9.97. The number of fused-ring (bicyclic) bond motifs is 1. The monoisotopic (exact) mass is 348 g/mol. The van der Waals surface area contributed by atoms with Crippen LogP contribution >= 0.6 is 0 Å². The van der Waals surface area contributed by atoms with Crippen molar-refractivity contribution in [1.82, 2.24) is 19.5 Å². The summed E-state index contributed by atoms with van der Waals surface area (Å²) >= 11 is 0. The molecule has 1 saturated heterocycles. The van der Waals surface area contributed by atoms with Crippen molar-refractivity contribution >= 4 is 22.9 Å². The van der Waals surface area contributed by atoms with Crippen molar-refractivity contribution < 1.29 is 19.3 Å². The zero-order valence-electron chi connectivity index (χ0n) is 13.1. The van der Waals surface area contributed by atoms with Gasteiger partial charge in [0, 0.05) is 6.04 Å². The minimum atomic E-state index is -2.55. The molecule has 4 atom stereocenters. The third-order valence-corrected chi connectivity index (χ3v) is 4.46. The number of terminal acetylenes is 1. The maximum Gasteiger partial charge on any atom is 0.243 e. The maximum absolute atomic E-state index is 15.2. The number of nitrogens with zero attached hydrogens (tertiary/aromatic N) is 4. The highest BCUT2D eigenvalue weighted by molar-refractivity contribution is 5.84. The molecule has 25 heavy (non-hydrogen) atoms. The van der Waals surface area contributed by atoms with Crippen LogP contribution in [0.3, 0.4) is 0 Å². The van der Waals surface area contributed by atoms with E-state index in [-0.39, 0.29) is 11.6 Å². The Morgan fingerprint density at radius 3 is 2.92 bits per heavy atom. The molecule has 1 unspecified atom stereocenters. The first-order valence-corrected chi connectivity index (χ1v) is 7.85. The molecule has 3 heterocycles. The van der Waals surface area contributed by atoms with Crippen molar-refractivity contribution in [2.24, 2.45) is 0 Å². The molecule has 10 heteroatoms. The smallest absolute Gasteiger partial charge is 0.243 e. The molecule has 1 aliphatic carbocycles. The van der Waals surface area contributed by atoms with E-state index in [0.717, 1.165) is 12.8 Å². The van der Waals surface area contributed by atoms with Gasteiger partial charge in [0.25, 0.3) is 0 Å². The molecule has 4 rings (SSSR count). The fourth-order valence-corrected chi connectivity index (χ4v) is 2.95. The molecule has 0 amide bonds. The Balaban J connectivity index is 1.81. The van der Waals surface area contributed by atoms with Crippen molar-refractivity contribution in [3.05, 3.63) is 6.33 Å². The zero-order chi connectivity index (χ0) is 17.8. The summed E-state index contributed by atoms with van der Waals surface area (Å²) in [5.41, 5.74) is 3.83. The number of nitrogen functional groups attached to an aromatic ring is 1. The molecular weight excluding hydrogens is 331 g/mol. The summed E-state index contributed by atoms with van der Waals surface area (Å²) in [6.45, 7) is -0.580. The van der Waals surface area contributed by atoms with E-state index >= 15 is 4.39 Å². The van der Waals surface area contributed by atoms with Gasteiger partial charge in [0.1, 0.15) is 12.2 Å². The SMILES string of the molecule is C#CC1(F)[C@@H](O)[C@@H](CO)O[C@H]1n1cnc2c(NC3CC3)nc(N)nc21. The average molecular weight is 348 g/mol. The molecule has 0 aromatic carbocycles. The van der Waals surface area contributed by atoms with E-state index in [1.165, 1.54) is 10.9 Å². The fraction of sp³-hybridized carbons (Fsp3) is 0.533. The summed E-state index contributed by atoms with van der Waals surface area (Å²) in [7, 11) is 0. The molecule has 2 fully saturated rings. The highest BCUT2D eigenvalue weighted by atomic mass is 19.1. The van der Waals surface area contributed by atoms with Crippen LogP contribution in [-0.4, -0.2) is 60.3 Å². The molecule has 9 nitrogen and oxygen atoms in total. The van der Waals surface area contributed by atoms with Crippen LogP contribution in [0.15, 0.2) is 6.33 Å². The number of alkyl halides is 1. The van der Waals surface area contributed by atoms with E-state index < -0.39 is 30.7 Å². The quantitative estimate of drug-likeness (QED) is 0.548. The predicted molar refractivity (Wildman–Crippen MR) is 86.1 cm³/mol. The van der Waals surface area contributed by atoms with E-state index in [2.05, 4.69) is 20.3 Å². The number of aliphatic hydroxyl groups is 2. The van der Waals surface area contributed by atoms with Gasteiger partial charge in [0.15, 0.2) is 23.2 Å². The van der Waals surface area contributed by atoms with Crippen molar-refractivity contribution in [2.45, 2.75) is 43.0 Å². The van der Waals surface area contributed by atoms with Crippen LogP contribution in [0.25, 0.3) is 11.2 Å². The summed E-state index contributed by atoms with van der Waals surface area (Å²) in [4.78, 5) is 12.5. The third kappa shape index (κ3) is 2.39. The number of hydrogen-bond acceptors (Lipinski definition) is 8. The summed E-state index contributed by atoms with van der Waals surface area (Å²) in [6, 6.07) is 0.303. The van der Waals surface area contributed by atoms with E-state index in [1.54, 1.807) is 0 Å². The third-order valence-electron chi connectivity index (χ3n) is 4.46. The molecule has 132 valence electrons. The van der Waals surface area contributed by atoms with Gasteiger partial charge in [-0.15, -0.1) is 6.42 Å². The molecule has 5 N–H and O–H groups in total. The Morgan fingerprint density at radius 1 is 1.52 bits per heavy atom. The van der Waals surface area contributed by atoms with Crippen LogP contribution in [-0.2, 0) is 4.74 Å². The van der Waals surface area contributed by atoms with E-state index in [4.69, 9.17) is 16.9 Å². The van der Waals surface area contributed by atoms with E-state index in [9.17, 15) is 10.2 Å². The van der Waals surface area contributed by atoms with Crippen LogP contribution in [0.2, 0.25) is 0 Å². The standard InChI is InChI=1S/C15H17FN6O3/c1-2-15(16)10(24)8(5-23)25-13(15)22-6-18-9-11(19-7-3-4-7)20-14(17)21-12(9)22/h1,6-8,10,13,23-24H,3-5H2,(H3,17,19,20,21)/t8-,10+,13-,15?/m1/s1. The van der Waals surface area contributed by atoms with Gasteiger partial charge in [0.05, 0.1) is 12.9 Å². The Labute approximate surface area is 142 Å². The topological polar surface area (TPSA) is 131 Å². The molecule has 1 saturated carbocycles. The second-order valence-corrected chi connectivity index (χ2v) is 6.24. The van der Waals surface area contributed by atoms with Crippen molar-refractivity contribution in [2.75, 3.05) is 17.7 Å². The minimum Gasteiger partial charge on any atom is -0.394 e. The molecule has 2 aromatic heterocycles. The molecule has 0 bridgehead atoms. The number of hydrogen-bond donors (Lipinski definition) is 4. The number of rotatable bonds is 4. The first-order valence-electron chi connectivity index (χ1n) is 7.85. The number of nitrogens with one attached hydrogen (secondary N) is 1. The van der Waals surface area contributed by atoms with Gasteiger partial charge in [-0.2, -0.15) is 9.97 Å². The van der Waals surface area contributed by atoms with E-state index in [0.29, 0.717) is 17.4 Å². The Morgan fingerprint density at radius 2 is 2.28 bits per heavy atom.